The second-order valence-electron chi connectivity index (χ2n) is 5.74. The summed E-state index contributed by atoms with van der Waals surface area (Å²) in [7, 11) is 2.11. The summed E-state index contributed by atoms with van der Waals surface area (Å²) in [6.07, 6.45) is 7.93. The minimum Gasteiger partial charge on any atom is -0.377 e. The smallest absolute Gasteiger partial charge is 0.0594 e. The number of aryl methyl sites for hydroxylation is 1. The summed E-state index contributed by atoms with van der Waals surface area (Å²) < 4.78 is 8.06. The molecule has 1 aliphatic carbocycles. The summed E-state index contributed by atoms with van der Waals surface area (Å²) in [6, 6.07) is 8.56. The first-order valence-electron chi connectivity index (χ1n) is 7.70. The average molecular weight is 272 g/mol. The third kappa shape index (κ3) is 3.05. The number of hydrogen-bond donors (Lipinski definition) is 1. The highest BCUT2D eigenvalue weighted by Gasteiger charge is 2.14. The van der Waals surface area contributed by atoms with Crippen LogP contribution in [0.4, 0.5) is 0 Å². The standard InChI is InChI=1S/C17H24N2O/c1-19-13-14(16-8-4-5-9-17(16)19)12-18-10-11-20-15-6-2-3-7-15/h4-5,8-9,13,15,18H,2-3,6-7,10-12H2,1H3. The highest BCUT2D eigenvalue weighted by Crippen LogP contribution is 2.21. The van der Waals surface area contributed by atoms with Crippen molar-refractivity contribution in [2.24, 2.45) is 7.05 Å². The molecule has 0 radical (unpaired) electrons. The van der Waals surface area contributed by atoms with Crippen molar-refractivity contribution < 1.29 is 4.74 Å². The van der Waals surface area contributed by atoms with E-state index in [2.05, 4.69) is 47.4 Å². The molecule has 1 heterocycles. The van der Waals surface area contributed by atoms with Crippen molar-refractivity contribution in [2.45, 2.75) is 38.3 Å². The number of para-hydroxylation sites is 1. The van der Waals surface area contributed by atoms with Gasteiger partial charge < -0.3 is 14.6 Å². The Morgan fingerprint density at radius 3 is 2.90 bits per heavy atom. The zero-order valence-corrected chi connectivity index (χ0v) is 12.3. The minimum absolute atomic E-state index is 0.523. The predicted octanol–water partition coefficient (Wildman–Crippen LogP) is 3.23. The molecule has 0 unspecified atom stereocenters. The number of aromatic nitrogens is 1. The van der Waals surface area contributed by atoms with E-state index in [9.17, 15) is 0 Å². The van der Waals surface area contributed by atoms with Gasteiger partial charge >= 0.3 is 0 Å². The van der Waals surface area contributed by atoms with Crippen LogP contribution in [0.2, 0.25) is 0 Å². The second-order valence-corrected chi connectivity index (χ2v) is 5.74. The van der Waals surface area contributed by atoms with Crippen LogP contribution >= 0.6 is 0 Å². The summed E-state index contributed by atoms with van der Waals surface area (Å²) in [6.45, 7) is 2.67. The molecule has 1 aliphatic rings. The lowest BCUT2D eigenvalue weighted by Crippen LogP contribution is -2.21. The molecule has 1 aromatic carbocycles. The van der Waals surface area contributed by atoms with Gasteiger partial charge in [0.15, 0.2) is 0 Å². The van der Waals surface area contributed by atoms with Gasteiger partial charge in [-0.1, -0.05) is 31.0 Å². The lowest BCUT2D eigenvalue weighted by molar-refractivity contribution is 0.0603. The topological polar surface area (TPSA) is 26.2 Å². The molecule has 3 heteroatoms. The molecule has 0 bridgehead atoms. The fourth-order valence-corrected chi connectivity index (χ4v) is 3.14. The van der Waals surface area contributed by atoms with Gasteiger partial charge in [0.2, 0.25) is 0 Å². The molecule has 108 valence electrons. The molecular formula is C17H24N2O. The number of hydrogen-bond acceptors (Lipinski definition) is 2. The van der Waals surface area contributed by atoms with E-state index in [0.29, 0.717) is 6.10 Å². The Kier molecular flexibility index (Phi) is 4.38. The number of nitrogens with one attached hydrogen (secondary N) is 1. The zero-order valence-electron chi connectivity index (χ0n) is 12.3. The molecule has 0 saturated heterocycles. The van der Waals surface area contributed by atoms with Crippen molar-refractivity contribution >= 4 is 10.9 Å². The van der Waals surface area contributed by atoms with Gasteiger partial charge in [-0.2, -0.15) is 0 Å². The van der Waals surface area contributed by atoms with E-state index in [0.717, 1.165) is 19.7 Å². The van der Waals surface area contributed by atoms with Gasteiger partial charge in [0, 0.05) is 37.2 Å². The normalized spacial score (nSPS) is 16.2. The minimum atomic E-state index is 0.523. The van der Waals surface area contributed by atoms with Gasteiger partial charge in [0.25, 0.3) is 0 Å². The van der Waals surface area contributed by atoms with Crippen molar-refractivity contribution in [1.29, 1.82) is 0 Å². The lowest BCUT2D eigenvalue weighted by atomic mass is 10.2. The third-order valence-corrected chi connectivity index (χ3v) is 4.23. The monoisotopic (exact) mass is 272 g/mol. The molecule has 3 nitrogen and oxygen atoms in total. The summed E-state index contributed by atoms with van der Waals surface area (Å²) in [4.78, 5) is 0. The van der Waals surface area contributed by atoms with E-state index in [4.69, 9.17) is 4.74 Å². The maximum absolute atomic E-state index is 5.87. The van der Waals surface area contributed by atoms with Crippen LogP contribution in [0.25, 0.3) is 10.9 Å². The largest absolute Gasteiger partial charge is 0.377 e. The van der Waals surface area contributed by atoms with Gasteiger partial charge in [0.1, 0.15) is 0 Å². The fourth-order valence-electron chi connectivity index (χ4n) is 3.14. The Labute approximate surface area is 120 Å². The third-order valence-electron chi connectivity index (χ3n) is 4.23. The first kappa shape index (κ1) is 13.7. The van der Waals surface area contributed by atoms with E-state index in [1.54, 1.807) is 0 Å². The quantitative estimate of drug-likeness (QED) is 0.817. The van der Waals surface area contributed by atoms with Crippen LogP contribution in [0, 0.1) is 0 Å². The molecule has 0 amide bonds. The van der Waals surface area contributed by atoms with Crippen molar-refractivity contribution in [2.75, 3.05) is 13.2 Å². The van der Waals surface area contributed by atoms with Crippen LogP contribution in [0.3, 0.4) is 0 Å². The molecule has 0 spiro atoms. The van der Waals surface area contributed by atoms with Gasteiger partial charge in [0.05, 0.1) is 12.7 Å². The molecule has 2 aromatic rings. The van der Waals surface area contributed by atoms with E-state index >= 15 is 0 Å². The first-order valence-corrected chi connectivity index (χ1v) is 7.70. The summed E-state index contributed by atoms with van der Waals surface area (Å²) in [5.74, 6) is 0. The fraction of sp³-hybridized carbons (Fsp3) is 0.529. The van der Waals surface area contributed by atoms with Crippen LogP contribution in [-0.2, 0) is 18.3 Å². The van der Waals surface area contributed by atoms with Crippen LogP contribution < -0.4 is 5.32 Å². The Balaban J connectivity index is 1.47. The SMILES string of the molecule is Cn1cc(CNCCOC2CCCC2)c2ccccc21. The van der Waals surface area contributed by atoms with Gasteiger partial charge in [-0.25, -0.2) is 0 Å². The molecule has 1 fully saturated rings. The number of ether oxygens (including phenoxy) is 1. The summed E-state index contributed by atoms with van der Waals surface area (Å²) in [5, 5.41) is 4.84. The summed E-state index contributed by atoms with van der Waals surface area (Å²) in [5.41, 5.74) is 2.66. The molecule has 1 aromatic heterocycles. The van der Waals surface area contributed by atoms with E-state index in [1.807, 2.05) is 0 Å². The van der Waals surface area contributed by atoms with Crippen LogP contribution in [-0.4, -0.2) is 23.8 Å². The zero-order chi connectivity index (χ0) is 13.8. The maximum Gasteiger partial charge on any atom is 0.0594 e. The van der Waals surface area contributed by atoms with Crippen molar-refractivity contribution in [3.05, 3.63) is 36.0 Å². The number of benzene rings is 1. The highest BCUT2D eigenvalue weighted by molar-refractivity contribution is 5.83. The van der Waals surface area contributed by atoms with Crippen LogP contribution in [0.1, 0.15) is 31.2 Å². The Morgan fingerprint density at radius 1 is 1.25 bits per heavy atom. The number of rotatable bonds is 6. The second kappa shape index (κ2) is 6.42. The molecule has 20 heavy (non-hydrogen) atoms. The van der Waals surface area contributed by atoms with Crippen LogP contribution in [0.5, 0.6) is 0 Å². The summed E-state index contributed by atoms with van der Waals surface area (Å²) >= 11 is 0. The molecule has 3 rings (SSSR count). The van der Waals surface area contributed by atoms with E-state index < -0.39 is 0 Å². The van der Waals surface area contributed by atoms with E-state index in [1.165, 1.54) is 42.1 Å². The maximum atomic E-state index is 5.87. The average Bonchev–Trinajstić information content (AvgIpc) is 3.08. The number of nitrogens with zero attached hydrogens (tertiary/aromatic N) is 1. The predicted molar refractivity (Wildman–Crippen MR) is 82.8 cm³/mol. The Bertz CT molecular complexity index is 555. The number of fused-ring (bicyclic) bond motifs is 1. The first-order chi connectivity index (χ1) is 9.84. The highest BCUT2D eigenvalue weighted by atomic mass is 16.5. The Morgan fingerprint density at radius 2 is 2.05 bits per heavy atom. The molecular weight excluding hydrogens is 248 g/mol. The van der Waals surface area contributed by atoms with Crippen molar-refractivity contribution in [1.82, 2.24) is 9.88 Å². The van der Waals surface area contributed by atoms with E-state index in [-0.39, 0.29) is 0 Å². The van der Waals surface area contributed by atoms with Crippen LogP contribution in [0.15, 0.2) is 30.5 Å². The van der Waals surface area contributed by atoms with Crippen molar-refractivity contribution in [3.63, 3.8) is 0 Å². The molecule has 0 atom stereocenters. The van der Waals surface area contributed by atoms with Gasteiger partial charge in [-0.15, -0.1) is 0 Å². The lowest BCUT2D eigenvalue weighted by Gasteiger charge is -2.11. The molecule has 1 saturated carbocycles. The molecule has 0 aliphatic heterocycles. The molecule has 1 N–H and O–H groups in total. The van der Waals surface area contributed by atoms with Gasteiger partial charge in [-0.05, 0) is 24.5 Å². The Hall–Kier alpha value is -1.32. The van der Waals surface area contributed by atoms with Gasteiger partial charge in [-0.3, -0.25) is 0 Å². The van der Waals surface area contributed by atoms with Crippen molar-refractivity contribution in [3.8, 4) is 0 Å².